The average molecular weight is 245 g/mol. The average Bonchev–Trinajstić information content (AvgIpc) is 2.72. The van der Waals surface area contributed by atoms with Crippen molar-refractivity contribution in [2.45, 2.75) is 32.2 Å². The van der Waals surface area contributed by atoms with E-state index in [-0.39, 0.29) is 16.7 Å². The Morgan fingerprint density at radius 3 is 2.62 bits per heavy atom. The number of furan rings is 1. The third kappa shape index (κ3) is 3.00. The maximum atomic E-state index is 11.7. The highest BCUT2D eigenvalue weighted by Gasteiger charge is 2.22. The summed E-state index contributed by atoms with van der Waals surface area (Å²) in [5.41, 5.74) is 6.05. The van der Waals surface area contributed by atoms with E-state index >= 15 is 0 Å². The van der Waals surface area contributed by atoms with Gasteiger partial charge in [0.1, 0.15) is 0 Å². The van der Waals surface area contributed by atoms with Gasteiger partial charge in [-0.05, 0) is 30.5 Å². The van der Waals surface area contributed by atoms with Crippen LogP contribution < -0.4 is 11.1 Å². The molecule has 0 aliphatic carbocycles. The van der Waals surface area contributed by atoms with Gasteiger partial charge < -0.3 is 15.5 Å². The number of carbonyl (C=O) groups is 1. The quantitative estimate of drug-likeness (QED) is 0.834. The molecule has 4 nitrogen and oxygen atoms in total. The molecule has 1 aromatic heterocycles. The molecule has 0 bridgehead atoms. The predicted molar refractivity (Wildman–Crippen MR) is 63.6 cm³/mol. The van der Waals surface area contributed by atoms with Gasteiger partial charge in [-0.2, -0.15) is 0 Å². The van der Waals surface area contributed by atoms with Crippen molar-refractivity contribution in [1.29, 1.82) is 0 Å². The summed E-state index contributed by atoms with van der Waals surface area (Å²) in [5.74, 6) is -0.254. The zero-order valence-corrected chi connectivity index (χ0v) is 10.3. The van der Waals surface area contributed by atoms with Gasteiger partial charge in [-0.1, -0.05) is 13.8 Å². The number of nitrogens with two attached hydrogens (primary N) is 1. The maximum Gasteiger partial charge on any atom is 0.256 e. The summed E-state index contributed by atoms with van der Waals surface area (Å²) in [5, 5.41) is 2.86. The molecule has 16 heavy (non-hydrogen) atoms. The van der Waals surface area contributed by atoms with Crippen LogP contribution in [0.15, 0.2) is 16.7 Å². The van der Waals surface area contributed by atoms with Gasteiger partial charge in [0, 0.05) is 12.1 Å². The zero-order valence-electron chi connectivity index (χ0n) is 9.55. The van der Waals surface area contributed by atoms with Gasteiger partial charge in [-0.15, -0.1) is 0 Å². The van der Waals surface area contributed by atoms with E-state index < -0.39 is 0 Å². The van der Waals surface area contributed by atoms with E-state index in [1.807, 2.05) is 13.8 Å². The third-order valence-corrected chi connectivity index (χ3v) is 3.16. The van der Waals surface area contributed by atoms with E-state index in [4.69, 9.17) is 21.8 Å². The topological polar surface area (TPSA) is 68.3 Å². The van der Waals surface area contributed by atoms with Crippen LogP contribution in [0.3, 0.4) is 0 Å². The molecule has 0 atom stereocenters. The van der Waals surface area contributed by atoms with Crippen LogP contribution in [-0.4, -0.2) is 18.0 Å². The van der Waals surface area contributed by atoms with Gasteiger partial charge in [-0.25, -0.2) is 0 Å². The Balaban J connectivity index is 2.57. The monoisotopic (exact) mass is 244 g/mol. The van der Waals surface area contributed by atoms with Crippen molar-refractivity contribution in [3.05, 3.63) is 23.1 Å². The summed E-state index contributed by atoms with van der Waals surface area (Å²) >= 11 is 5.69. The van der Waals surface area contributed by atoms with Crippen LogP contribution in [0.25, 0.3) is 0 Å². The number of amides is 1. The molecule has 0 saturated heterocycles. The lowest BCUT2D eigenvalue weighted by molar-refractivity contribution is 0.0941. The molecular formula is C11H17ClN2O2. The highest BCUT2D eigenvalue weighted by molar-refractivity contribution is 6.32. The molecule has 1 amide bonds. The van der Waals surface area contributed by atoms with Crippen molar-refractivity contribution < 1.29 is 9.21 Å². The van der Waals surface area contributed by atoms with Crippen LogP contribution in [-0.2, 0) is 0 Å². The van der Waals surface area contributed by atoms with Crippen LogP contribution >= 0.6 is 11.6 Å². The smallest absolute Gasteiger partial charge is 0.256 e. The lowest BCUT2D eigenvalue weighted by Crippen LogP contribution is -2.49. The van der Waals surface area contributed by atoms with Crippen LogP contribution in [0.1, 0.15) is 37.0 Å². The van der Waals surface area contributed by atoms with Crippen molar-refractivity contribution in [1.82, 2.24) is 5.32 Å². The van der Waals surface area contributed by atoms with Crippen molar-refractivity contribution >= 4 is 17.5 Å². The molecular weight excluding hydrogens is 228 g/mol. The first-order valence-corrected chi connectivity index (χ1v) is 5.70. The Bertz CT molecular complexity index is 359. The first-order chi connectivity index (χ1) is 7.52. The third-order valence-electron chi connectivity index (χ3n) is 2.87. The summed E-state index contributed by atoms with van der Waals surface area (Å²) in [6.45, 7) is 4.43. The fourth-order valence-electron chi connectivity index (χ4n) is 1.31. The predicted octanol–water partition coefficient (Wildman–Crippen LogP) is 2.18. The van der Waals surface area contributed by atoms with Gasteiger partial charge in [0.05, 0.1) is 11.8 Å². The molecule has 0 aliphatic heterocycles. The number of carbonyl (C=O) groups excluding carboxylic acids is 1. The fraction of sp³-hybridized carbons (Fsp3) is 0.545. The van der Waals surface area contributed by atoms with E-state index in [0.717, 1.165) is 12.8 Å². The summed E-state index contributed by atoms with van der Waals surface area (Å²) in [6, 6.07) is 1.54. The largest absolute Gasteiger partial charge is 0.452 e. The van der Waals surface area contributed by atoms with Gasteiger partial charge in [0.2, 0.25) is 5.22 Å². The van der Waals surface area contributed by atoms with Crippen molar-refractivity contribution in [3.8, 4) is 0 Å². The van der Waals surface area contributed by atoms with Crippen molar-refractivity contribution in [2.24, 2.45) is 5.73 Å². The number of halogens is 1. The summed E-state index contributed by atoms with van der Waals surface area (Å²) in [6.07, 6.45) is 3.00. The number of nitrogens with one attached hydrogen (secondary N) is 1. The minimum atomic E-state index is -0.355. The minimum absolute atomic E-state index is 0.105. The number of rotatable bonds is 5. The lowest BCUT2D eigenvalue weighted by atomic mass is 9.94. The molecule has 0 spiro atoms. The highest BCUT2D eigenvalue weighted by atomic mass is 35.5. The molecule has 90 valence electrons. The molecule has 0 unspecified atom stereocenters. The molecule has 1 rings (SSSR count). The van der Waals surface area contributed by atoms with Gasteiger partial charge in [-0.3, -0.25) is 4.79 Å². The molecule has 0 aliphatic rings. The second-order valence-corrected chi connectivity index (χ2v) is 4.20. The first-order valence-electron chi connectivity index (χ1n) is 5.32. The molecule has 0 aromatic carbocycles. The first kappa shape index (κ1) is 13.1. The molecule has 1 aromatic rings. The van der Waals surface area contributed by atoms with E-state index in [1.165, 1.54) is 12.3 Å². The Labute approximate surface area is 100 Å². The molecule has 1 heterocycles. The summed E-state index contributed by atoms with van der Waals surface area (Å²) in [4.78, 5) is 11.7. The highest BCUT2D eigenvalue weighted by Crippen LogP contribution is 2.16. The lowest BCUT2D eigenvalue weighted by Gasteiger charge is -2.26. The SMILES string of the molecule is CCC(N)(CC)CNC(=O)c1ccoc1Cl. The van der Waals surface area contributed by atoms with Crippen LogP contribution in [0, 0.1) is 0 Å². The molecule has 0 saturated carbocycles. The van der Waals surface area contributed by atoms with Crippen LogP contribution in [0.5, 0.6) is 0 Å². The normalized spacial score (nSPS) is 11.5. The Kier molecular flexibility index (Phi) is 4.38. The Morgan fingerprint density at radius 1 is 1.56 bits per heavy atom. The Morgan fingerprint density at radius 2 is 2.19 bits per heavy atom. The summed E-state index contributed by atoms with van der Waals surface area (Å²) < 4.78 is 4.84. The second kappa shape index (κ2) is 5.37. The number of hydrogen-bond acceptors (Lipinski definition) is 3. The van der Waals surface area contributed by atoms with E-state index in [9.17, 15) is 4.79 Å². The Hall–Kier alpha value is -1.00. The fourth-order valence-corrected chi connectivity index (χ4v) is 1.51. The minimum Gasteiger partial charge on any atom is -0.452 e. The zero-order chi connectivity index (χ0) is 12.2. The maximum absolute atomic E-state index is 11.7. The molecule has 5 heteroatoms. The van der Waals surface area contributed by atoms with Crippen LogP contribution in [0.4, 0.5) is 0 Å². The molecule has 3 N–H and O–H groups in total. The van der Waals surface area contributed by atoms with Crippen LogP contribution in [0.2, 0.25) is 5.22 Å². The van der Waals surface area contributed by atoms with Crippen molar-refractivity contribution in [3.63, 3.8) is 0 Å². The van der Waals surface area contributed by atoms with Gasteiger partial charge in [0.25, 0.3) is 5.91 Å². The van der Waals surface area contributed by atoms with Gasteiger partial charge in [0.15, 0.2) is 0 Å². The van der Waals surface area contributed by atoms with E-state index in [2.05, 4.69) is 5.32 Å². The van der Waals surface area contributed by atoms with Gasteiger partial charge >= 0.3 is 0 Å². The summed E-state index contributed by atoms with van der Waals surface area (Å²) in [7, 11) is 0. The standard InChI is InChI=1S/C11H17ClN2O2/c1-3-11(13,4-2)7-14-10(15)8-5-6-16-9(8)12/h5-6H,3-4,7,13H2,1-2H3,(H,14,15). The van der Waals surface area contributed by atoms with E-state index in [1.54, 1.807) is 0 Å². The molecule has 0 radical (unpaired) electrons. The van der Waals surface area contributed by atoms with Crippen molar-refractivity contribution in [2.75, 3.05) is 6.54 Å². The molecule has 0 fully saturated rings. The number of hydrogen-bond donors (Lipinski definition) is 2. The van der Waals surface area contributed by atoms with E-state index in [0.29, 0.717) is 12.1 Å². The second-order valence-electron chi connectivity index (χ2n) is 3.86.